The van der Waals surface area contributed by atoms with Crippen LogP contribution in [-0.2, 0) is 0 Å². The van der Waals surface area contributed by atoms with E-state index in [1.54, 1.807) is 30.3 Å². The summed E-state index contributed by atoms with van der Waals surface area (Å²) in [6.45, 7) is 0. The number of hydrogen-bond donors (Lipinski definition) is 2. The van der Waals surface area contributed by atoms with Crippen LogP contribution in [0, 0.1) is 0 Å². The van der Waals surface area contributed by atoms with Crippen molar-refractivity contribution >= 4 is 40.0 Å². The van der Waals surface area contributed by atoms with E-state index < -0.39 is 0 Å². The van der Waals surface area contributed by atoms with Crippen LogP contribution in [0.3, 0.4) is 0 Å². The molecule has 27 heavy (non-hydrogen) atoms. The molecule has 0 spiro atoms. The number of nitrogens with two attached hydrogens (primary N) is 1. The second-order valence-electron chi connectivity index (χ2n) is 5.99. The summed E-state index contributed by atoms with van der Waals surface area (Å²) < 4.78 is 0. The first-order valence-corrected chi connectivity index (χ1v) is 8.67. The minimum absolute atomic E-state index is 0.178. The molecule has 1 heterocycles. The van der Waals surface area contributed by atoms with Crippen LogP contribution in [-0.4, -0.2) is 15.9 Å². The highest BCUT2D eigenvalue weighted by molar-refractivity contribution is 6.31. The summed E-state index contributed by atoms with van der Waals surface area (Å²) in [5, 5.41) is 4.29. The van der Waals surface area contributed by atoms with Crippen molar-refractivity contribution in [2.24, 2.45) is 0 Å². The fourth-order valence-corrected chi connectivity index (χ4v) is 3.05. The van der Waals surface area contributed by atoms with Gasteiger partial charge in [0.25, 0.3) is 5.91 Å². The Bertz CT molecular complexity index is 1150. The van der Waals surface area contributed by atoms with Crippen LogP contribution in [0.15, 0.2) is 72.8 Å². The summed E-state index contributed by atoms with van der Waals surface area (Å²) in [6, 6.07) is 21.8. The number of nitrogens with zero attached hydrogens (tertiary/aromatic N) is 2. The number of halogens is 1. The van der Waals surface area contributed by atoms with Crippen molar-refractivity contribution in [1.29, 1.82) is 0 Å². The lowest BCUT2D eigenvalue weighted by Gasteiger charge is -2.10. The molecule has 3 N–H and O–H groups in total. The number of benzene rings is 3. The summed E-state index contributed by atoms with van der Waals surface area (Å²) >= 11 is 6.14. The van der Waals surface area contributed by atoms with Gasteiger partial charge in [-0.15, -0.1) is 0 Å². The maximum absolute atomic E-state index is 12.4. The van der Waals surface area contributed by atoms with E-state index in [0.717, 1.165) is 10.9 Å². The number of anilines is 2. The Kier molecular flexibility index (Phi) is 4.44. The summed E-state index contributed by atoms with van der Waals surface area (Å²) in [7, 11) is 0. The van der Waals surface area contributed by atoms with Crippen LogP contribution < -0.4 is 11.1 Å². The lowest BCUT2D eigenvalue weighted by Crippen LogP contribution is -2.11. The van der Waals surface area contributed by atoms with Crippen LogP contribution in [0.4, 0.5) is 11.6 Å². The minimum Gasteiger partial charge on any atom is -0.368 e. The Morgan fingerprint density at radius 2 is 1.74 bits per heavy atom. The number of aromatic nitrogens is 2. The van der Waals surface area contributed by atoms with Crippen molar-refractivity contribution in [2.75, 3.05) is 11.1 Å². The molecule has 0 unspecified atom stereocenters. The smallest absolute Gasteiger partial charge is 0.255 e. The number of carbonyl (C=O) groups is 1. The molecule has 3 aromatic carbocycles. The van der Waals surface area contributed by atoms with E-state index >= 15 is 0 Å². The van der Waals surface area contributed by atoms with Gasteiger partial charge in [0, 0.05) is 27.2 Å². The number of nitrogens with one attached hydrogen (secondary N) is 1. The lowest BCUT2D eigenvalue weighted by atomic mass is 10.1. The Morgan fingerprint density at radius 1 is 0.926 bits per heavy atom. The van der Waals surface area contributed by atoms with Crippen molar-refractivity contribution in [3.8, 4) is 11.3 Å². The Balaban J connectivity index is 1.74. The zero-order chi connectivity index (χ0) is 18.8. The van der Waals surface area contributed by atoms with Crippen LogP contribution in [0.25, 0.3) is 22.2 Å². The average molecular weight is 375 g/mol. The maximum Gasteiger partial charge on any atom is 0.255 e. The Labute approximate surface area is 160 Å². The molecule has 0 aliphatic rings. The molecule has 4 aromatic rings. The van der Waals surface area contributed by atoms with Crippen molar-refractivity contribution in [3.63, 3.8) is 0 Å². The lowest BCUT2D eigenvalue weighted by molar-refractivity contribution is 0.102. The first-order valence-electron chi connectivity index (χ1n) is 8.30. The highest BCUT2D eigenvalue weighted by atomic mass is 35.5. The van der Waals surface area contributed by atoms with Gasteiger partial charge in [-0.3, -0.25) is 4.79 Å². The van der Waals surface area contributed by atoms with E-state index in [0.29, 0.717) is 27.5 Å². The number of rotatable bonds is 3. The quantitative estimate of drug-likeness (QED) is 0.540. The monoisotopic (exact) mass is 374 g/mol. The predicted molar refractivity (Wildman–Crippen MR) is 109 cm³/mol. The third-order valence-electron chi connectivity index (χ3n) is 4.10. The van der Waals surface area contributed by atoms with Gasteiger partial charge in [-0.05, 0) is 42.5 Å². The van der Waals surface area contributed by atoms with Crippen molar-refractivity contribution < 1.29 is 4.79 Å². The Morgan fingerprint density at radius 3 is 2.56 bits per heavy atom. The van der Waals surface area contributed by atoms with E-state index in [9.17, 15) is 4.79 Å². The molecular weight excluding hydrogens is 360 g/mol. The van der Waals surface area contributed by atoms with E-state index in [1.165, 1.54) is 0 Å². The zero-order valence-electron chi connectivity index (χ0n) is 14.2. The molecular formula is C21H15ClN4O. The molecule has 0 saturated heterocycles. The number of fused-ring (bicyclic) bond motifs is 1. The van der Waals surface area contributed by atoms with Crippen molar-refractivity contribution in [3.05, 3.63) is 83.4 Å². The van der Waals surface area contributed by atoms with Gasteiger partial charge in [0.15, 0.2) is 0 Å². The molecule has 0 aliphatic carbocycles. The first-order chi connectivity index (χ1) is 13.1. The predicted octanol–water partition coefficient (Wildman–Crippen LogP) is 4.78. The average Bonchev–Trinajstić information content (AvgIpc) is 2.68. The van der Waals surface area contributed by atoms with Gasteiger partial charge in [-0.25, -0.2) is 9.97 Å². The summed E-state index contributed by atoms with van der Waals surface area (Å²) in [5.74, 6) is 0.00130. The van der Waals surface area contributed by atoms with E-state index in [-0.39, 0.29) is 11.9 Å². The van der Waals surface area contributed by atoms with Gasteiger partial charge >= 0.3 is 0 Å². The topological polar surface area (TPSA) is 80.9 Å². The number of carbonyl (C=O) groups excluding carboxylic acids is 1. The van der Waals surface area contributed by atoms with Crippen LogP contribution >= 0.6 is 11.6 Å². The highest BCUT2D eigenvalue weighted by Crippen LogP contribution is 2.30. The second kappa shape index (κ2) is 7.05. The fraction of sp³-hybridized carbons (Fsp3) is 0. The molecule has 0 bridgehead atoms. The first kappa shape index (κ1) is 17.0. The van der Waals surface area contributed by atoms with Gasteiger partial charge in [0.2, 0.25) is 5.95 Å². The molecule has 5 nitrogen and oxygen atoms in total. The van der Waals surface area contributed by atoms with Gasteiger partial charge in [0.05, 0.1) is 11.2 Å². The molecule has 1 amide bonds. The second-order valence-corrected chi connectivity index (χ2v) is 6.43. The maximum atomic E-state index is 12.4. The molecule has 0 atom stereocenters. The normalized spacial score (nSPS) is 10.7. The van der Waals surface area contributed by atoms with Crippen LogP contribution in [0.1, 0.15) is 10.4 Å². The highest BCUT2D eigenvalue weighted by Gasteiger charge is 2.11. The molecule has 0 saturated carbocycles. The number of amides is 1. The molecule has 0 fully saturated rings. The third kappa shape index (κ3) is 3.59. The van der Waals surface area contributed by atoms with Crippen LogP contribution in [0.5, 0.6) is 0 Å². The zero-order valence-corrected chi connectivity index (χ0v) is 14.9. The van der Waals surface area contributed by atoms with Gasteiger partial charge in [-0.1, -0.05) is 41.9 Å². The molecule has 0 aliphatic heterocycles. The number of hydrogen-bond acceptors (Lipinski definition) is 4. The van der Waals surface area contributed by atoms with Gasteiger partial charge in [-0.2, -0.15) is 0 Å². The van der Waals surface area contributed by atoms with E-state index in [2.05, 4.69) is 15.3 Å². The summed E-state index contributed by atoms with van der Waals surface area (Å²) in [4.78, 5) is 21.0. The standard InChI is InChI=1S/C21H15ClN4O/c22-15-9-10-18-17(12-15)19(26-21(23)25-18)14-7-4-8-16(11-14)24-20(27)13-5-2-1-3-6-13/h1-12H,(H,24,27)(H2,23,25,26). The summed E-state index contributed by atoms with van der Waals surface area (Å²) in [6.07, 6.45) is 0. The molecule has 6 heteroatoms. The largest absolute Gasteiger partial charge is 0.368 e. The molecule has 4 rings (SSSR count). The molecule has 132 valence electrons. The fourth-order valence-electron chi connectivity index (χ4n) is 2.88. The minimum atomic E-state index is -0.178. The van der Waals surface area contributed by atoms with E-state index in [4.69, 9.17) is 17.3 Å². The van der Waals surface area contributed by atoms with Crippen molar-refractivity contribution in [2.45, 2.75) is 0 Å². The Hall–Kier alpha value is -3.44. The molecule has 1 aromatic heterocycles. The van der Waals surface area contributed by atoms with Gasteiger partial charge in [0.1, 0.15) is 0 Å². The van der Waals surface area contributed by atoms with Gasteiger partial charge < -0.3 is 11.1 Å². The van der Waals surface area contributed by atoms with E-state index in [1.807, 2.05) is 42.5 Å². The van der Waals surface area contributed by atoms with Crippen molar-refractivity contribution in [1.82, 2.24) is 9.97 Å². The number of nitrogen functional groups attached to an aromatic ring is 1. The third-order valence-corrected chi connectivity index (χ3v) is 4.34. The molecule has 0 radical (unpaired) electrons. The summed E-state index contributed by atoms with van der Waals surface area (Å²) in [5.41, 5.74) is 9.30. The SMILES string of the molecule is Nc1nc(-c2cccc(NC(=O)c3ccccc3)c2)c2cc(Cl)ccc2n1. The van der Waals surface area contributed by atoms with Crippen LogP contribution in [0.2, 0.25) is 5.02 Å².